The lowest BCUT2D eigenvalue weighted by molar-refractivity contribution is 0.248. The van der Waals surface area contributed by atoms with Crippen molar-refractivity contribution in [3.05, 3.63) is 42.1 Å². The highest BCUT2D eigenvalue weighted by atomic mass is 16.5. The van der Waals surface area contributed by atoms with E-state index in [9.17, 15) is 10.1 Å². The minimum Gasteiger partial charge on any atom is -0.493 e. The number of carbonyl (C=O) groups is 1. The molecular weight excluding hydrogens is 370 g/mol. The summed E-state index contributed by atoms with van der Waals surface area (Å²) in [5, 5.41) is 15.0. The van der Waals surface area contributed by atoms with Gasteiger partial charge in [0, 0.05) is 25.8 Å². The number of ether oxygens (including phenoxy) is 2. The molecule has 0 saturated carbocycles. The first-order chi connectivity index (χ1) is 14.2. The average molecular weight is 395 g/mol. The third-order valence-electron chi connectivity index (χ3n) is 5.02. The fourth-order valence-electron chi connectivity index (χ4n) is 3.47. The third kappa shape index (κ3) is 4.88. The Bertz CT molecular complexity index is 888. The van der Waals surface area contributed by atoms with E-state index in [4.69, 9.17) is 9.47 Å². The molecule has 1 aromatic carbocycles. The van der Waals surface area contributed by atoms with Crippen LogP contribution < -0.4 is 25.0 Å². The summed E-state index contributed by atoms with van der Waals surface area (Å²) in [6.45, 7) is 2.20. The molecular formula is C21H25N5O3. The van der Waals surface area contributed by atoms with Crippen LogP contribution in [-0.4, -0.2) is 44.9 Å². The molecule has 2 heterocycles. The molecule has 1 aromatic heterocycles. The highest BCUT2D eigenvalue weighted by molar-refractivity contribution is 5.91. The number of rotatable bonds is 6. The molecule has 1 saturated heterocycles. The molecule has 29 heavy (non-hydrogen) atoms. The summed E-state index contributed by atoms with van der Waals surface area (Å²) in [6, 6.07) is 10.8. The first-order valence-corrected chi connectivity index (χ1v) is 9.52. The van der Waals surface area contributed by atoms with E-state index in [0.29, 0.717) is 35.2 Å². The van der Waals surface area contributed by atoms with Gasteiger partial charge in [0.1, 0.15) is 11.9 Å². The number of pyridine rings is 1. The normalized spacial score (nSPS) is 14.0. The fraction of sp³-hybridized carbons (Fsp3) is 0.381. The summed E-state index contributed by atoms with van der Waals surface area (Å²) >= 11 is 0. The van der Waals surface area contributed by atoms with Crippen molar-refractivity contribution < 1.29 is 14.3 Å². The van der Waals surface area contributed by atoms with Crippen LogP contribution in [0.3, 0.4) is 0 Å². The molecule has 0 bridgehead atoms. The van der Waals surface area contributed by atoms with Crippen LogP contribution >= 0.6 is 0 Å². The molecule has 1 aliphatic heterocycles. The Morgan fingerprint density at radius 2 is 2.03 bits per heavy atom. The van der Waals surface area contributed by atoms with Crippen molar-refractivity contribution >= 4 is 17.5 Å². The number of benzene rings is 1. The number of piperidine rings is 1. The molecule has 3 rings (SSSR count). The number of nitrogens with one attached hydrogen (secondary N) is 2. The van der Waals surface area contributed by atoms with Crippen LogP contribution in [0.4, 0.5) is 16.3 Å². The van der Waals surface area contributed by atoms with Gasteiger partial charge in [0.15, 0.2) is 11.5 Å². The number of hydrogen-bond donors (Lipinski definition) is 2. The summed E-state index contributed by atoms with van der Waals surface area (Å²) in [7, 11) is 3.09. The molecule has 0 unspecified atom stereocenters. The molecule has 152 valence electrons. The zero-order valence-corrected chi connectivity index (χ0v) is 16.6. The molecule has 8 heteroatoms. The van der Waals surface area contributed by atoms with E-state index in [1.165, 1.54) is 7.11 Å². The topological polar surface area (TPSA) is 99.5 Å². The van der Waals surface area contributed by atoms with Crippen LogP contribution in [0.25, 0.3) is 0 Å². The molecule has 2 amide bonds. The summed E-state index contributed by atoms with van der Waals surface area (Å²) in [4.78, 5) is 18.8. The summed E-state index contributed by atoms with van der Waals surface area (Å²) < 4.78 is 10.6. The van der Waals surface area contributed by atoms with Gasteiger partial charge in [0.05, 0.1) is 25.5 Å². The molecule has 2 aromatic rings. The monoisotopic (exact) mass is 395 g/mol. The molecule has 1 fully saturated rings. The predicted molar refractivity (Wildman–Crippen MR) is 110 cm³/mol. The second-order valence-electron chi connectivity index (χ2n) is 6.79. The van der Waals surface area contributed by atoms with Crippen LogP contribution in [-0.2, 0) is 0 Å². The van der Waals surface area contributed by atoms with E-state index >= 15 is 0 Å². The molecule has 1 aliphatic rings. The van der Waals surface area contributed by atoms with Crippen molar-refractivity contribution in [2.24, 2.45) is 5.92 Å². The van der Waals surface area contributed by atoms with Crippen molar-refractivity contribution in [3.8, 4) is 17.6 Å². The van der Waals surface area contributed by atoms with Gasteiger partial charge in [0.2, 0.25) is 0 Å². The Balaban J connectivity index is 1.50. The maximum atomic E-state index is 12.3. The van der Waals surface area contributed by atoms with Crippen molar-refractivity contribution in [1.29, 1.82) is 5.26 Å². The number of methoxy groups -OCH3 is 2. The Morgan fingerprint density at radius 3 is 2.72 bits per heavy atom. The first-order valence-electron chi connectivity index (χ1n) is 9.52. The zero-order valence-electron chi connectivity index (χ0n) is 16.6. The number of hydrogen-bond acceptors (Lipinski definition) is 6. The van der Waals surface area contributed by atoms with Gasteiger partial charge >= 0.3 is 6.03 Å². The van der Waals surface area contributed by atoms with Crippen molar-refractivity contribution in [3.63, 3.8) is 0 Å². The van der Waals surface area contributed by atoms with Gasteiger partial charge in [0.25, 0.3) is 0 Å². The van der Waals surface area contributed by atoms with Crippen molar-refractivity contribution in [1.82, 2.24) is 10.3 Å². The Morgan fingerprint density at radius 1 is 1.24 bits per heavy atom. The van der Waals surface area contributed by atoms with Crippen molar-refractivity contribution in [2.75, 3.05) is 44.1 Å². The van der Waals surface area contributed by atoms with Crippen LogP contribution in [0.1, 0.15) is 18.4 Å². The Hall–Kier alpha value is -3.47. The Kier molecular flexibility index (Phi) is 6.74. The van der Waals surface area contributed by atoms with Gasteiger partial charge in [-0.05, 0) is 43.0 Å². The summed E-state index contributed by atoms with van der Waals surface area (Å²) in [5.41, 5.74) is 1.15. The van der Waals surface area contributed by atoms with Gasteiger partial charge in [-0.3, -0.25) is 0 Å². The van der Waals surface area contributed by atoms with E-state index in [1.54, 1.807) is 43.6 Å². The van der Waals surface area contributed by atoms with Crippen LogP contribution in [0, 0.1) is 17.2 Å². The molecule has 0 spiro atoms. The highest BCUT2D eigenvalue weighted by Gasteiger charge is 2.22. The van der Waals surface area contributed by atoms with Crippen molar-refractivity contribution in [2.45, 2.75) is 12.8 Å². The highest BCUT2D eigenvalue weighted by Crippen LogP contribution is 2.34. The smallest absolute Gasteiger partial charge is 0.319 e. The largest absolute Gasteiger partial charge is 0.493 e. The zero-order chi connectivity index (χ0) is 20.6. The second-order valence-corrected chi connectivity index (χ2v) is 6.79. The van der Waals surface area contributed by atoms with Gasteiger partial charge < -0.3 is 25.0 Å². The van der Waals surface area contributed by atoms with Gasteiger partial charge in [-0.25, -0.2) is 9.78 Å². The summed E-state index contributed by atoms with van der Waals surface area (Å²) in [5.74, 6) is 2.16. The van der Waals surface area contributed by atoms with E-state index < -0.39 is 0 Å². The number of nitriles is 1. The molecule has 0 atom stereocenters. The maximum absolute atomic E-state index is 12.3. The third-order valence-corrected chi connectivity index (χ3v) is 5.02. The molecule has 8 nitrogen and oxygen atoms in total. The van der Waals surface area contributed by atoms with E-state index in [1.807, 2.05) is 0 Å². The maximum Gasteiger partial charge on any atom is 0.319 e. The SMILES string of the molecule is COc1cccc(NC(=O)NCC2CCN(c3ncccc3C#N)CC2)c1OC. The fourth-order valence-corrected chi connectivity index (χ4v) is 3.47. The molecule has 2 N–H and O–H groups in total. The lowest BCUT2D eigenvalue weighted by Crippen LogP contribution is -2.40. The number of nitrogens with zero attached hydrogens (tertiary/aromatic N) is 3. The number of carbonyl (C=O) groups excluding carboxylic acids is 1. The second kappa shape index (κ2) is 9.64. The quantitative estimate of drug-likeness (QED) is 0.780. The van der Waals surface area contributed by atoms with E-state index in [2.05, 4.69) is 26.6 Å². The first kappa shape index (κ1) is 20.3. The average Bonchev–Trinajstić information content (AvgIpc) is 2.77. The number of amides is 2. The molecule has 0 radical (unpaired) electrons. The number of aromatic nitrogens is 1. The summed E-state index contributed by atoms with van der Waals surface area (Å²) in [6.07, 6.45) is 3.55. The van der Waals surface area contributed by atoms with E-state index in [-0.39, 0.29) is 6.03 Å². The Labute approximate surface area is 170 Å². The minimum atomic E-state index is -0.282. The van der Waals surface area contributed by atoms with Crippen LogP contribution in [0.2, 0.25) is 0 Å². The number of para-hydroxylation sites is 1. The van der Waals surface area contributed by atoms with E-state index in [0.717, 1.165) is 31.7 Å². The van der Waals surface area contributed by atoms with Crippen LogP contribution in [0.5, 0.6) is 11.5 Å². The van der Waals surface area contributed by atoms with Crippen LogP contribution in [0.15, 0.2) is 36.5 Å². The lowest BCUT2D eigenvalue weighted by atomic mass is 9.96. The number of urea groups is 1. The van der Waals surface area contributed by atoms with Gasteiger partial charge in [-0.1, -0.05) is 6.07 Å². The van der Waals surface area contributed by atoms with Gasteiger partial charge in [-0.2, -0.15) is 5.26 Å². The molecule has 0 aliphatic carbocycles. The standard InChI is InChI=1S/C21H25N5O3/c1-28-18-7-3-6-17(19(18)29-2)25-21(27)24-14-15-8-11-26(12-9-15)20-16(13-22)5-4-10-23-20/h3-7,10,15H,8-9,11-12,14H2,1-2H3,(H2,24,25,27). The predicted octanol–water partition coefficient (Wildman–Crippen LogP) is 3.01. The van der Waals surface area contributed by atoms with Gasteiger partial charge in [-0.15, -0.1) is 0 Å². The lowest BCUT2D eigenvalue weighted by Gasteiger charge is -2.33. The number of anilines is 2. The minimum absolute atomic E-state index is 0.282.